The lowest BCUT2D eigenvalue weighted by Crippen LogP contribution is -2.34. The molecule has 1 aromatic carbocycles. The maximum Gasteiger partial charge on any atom is 0.167 e. The highest BCUT2D eigenvalue weighted by Crippen LogP contribution is 2.23. The van der Waals surface area contributed by atoms with Crippen molar-refractivity contribution in [3.05, 3.63) is 24.0 Å². The van der Waals surface area contributed by atoms with Gasteiger partial charge in [-0.25, -0.2) is 12.8 Å². The third kappa shape index (κ3) is 3.13. The zero-order valence-electron chi connectivity index (χ0n) is 10.1. The van der Waals surface area contributed by atoms with E-state index in [0.717, 1.165) is 6.42 Å². The van der Waals surface area contributed by atoms with Gasteiger partial charge < -0.3 is 10.1 Å². The van der Waals surface area contributed by atoms with E-state index in [2.05, 4.69) is 5.32 Å². The Balaban J connectivity index is 2.07. The second-order valence-electron chi connectivity index (χ2n) is 4.45. The van der Waals surface area contributed by atoms with Crippen LogP contribution in [0.25, 0.3) is 0 Å². The van der Waals surface area contributed by atoms with Crippen molar-refractivity contribution in [2.24, 2.45) is 0 Å². The van der Waals surface area contributed by atoms with Crippen molar-refractivity contribution >= 4 is 15.5 Å². The SMILES string of the molecule is COc1ccc(NC2CCCS(=O)(=O)C2)cc1F. The Kier molecular flexibility index (Phi) is 3.75. The summed E-state index contributed by atoms with van der Waals surface area (Å²) < 4.78 is 41.3. The van der Waals surface area contributed by atoms with Crippen molar-refractivity contribution in [1.82, 2.24) is 0 Å². The molecule has 0 amide bonds. The van der Waals surface area contributed by atoms with E-state index in [0.29, 0.717) is 12.1 Å². The average Bonchev–Trinajstić information content (AvgIpc) is 2.28. The lowest BCUT2D eigenvalue weighted by atomic mass is 10.1. The smallest absolute Gasteiger partial charge is 0.167 e. The highest BCUT2D eigenvalue weighted by atomic mass is 32.2. The maximum absolute atomic E-state index is 13.5. The van der Waals surface area contributed by atoms with Gasteiger partial charge in [-0.2, -0.15) is 0 Å². The topological polar surface area (TPSA) is 55.4 Å². The van der Waals surface area contributed by atoms with E-state index < -0.39 is 15.7 Å². The summed E-state index contributed by atoms with van der Waals surface area (Å²) in [7, 11) is -1.55. The second-order valence-corrected chi connectivity index (χ2v) is 6.68. The Morgan fingerprint density at radius 2 is 2.22 bits per heavy atom. The van der Waals surface area contributed by atoms with E-state index in [1.54, 1.807) is 6.07 Å². The number of sulfone groups is 1. The minimum absolute atomic E-state index is 0.112. The molecule has 0 aliphatic carbocycles. The van der Waals surface area contributed by atoms with Gasteiger partial charge in [0.1, 0.15) is 0 Å². The van der Waals surface area contributed by atoms with Crippen LogP contribution in [0.15, 0.2) is 18.2 Å². The van der Waals surface area contributed by atoms with Crippen molar-refractivity contribution < 1.29 is 17.5 Å². The van der Waals surface area contributed by atoms with Crippen molar-refractivity contribution in [3.63, 3.8) is 0 Å². The molecule has 0 aromatic heterocycles. The highest BCUT2D eigenvalue weighted by molar-refractivity contribution is 7.91. The van der Waals surface area contributed by atoms with E-state index in [9.17, 15) is 12.8 Å². The molecular formula is C12H16FNO3S. The van der Waals surface area contributed by atoms with Gasteiger partial charge in [0.25, 0.3) is 0 Å². The third-order valence-electron chi connectivity index (χ3n) is 2.99. The van der Waals surface area contributed by atoms with Gasteiger partial charge in [0.15, 0.2) is 21.4 Å². The van der Waals surface area contributed by atoms with Crippen LogP contribution in [0.4, 0.5) is 10.1 Å². The summed E-state index contributed by atoms with van der Waals surface area (Å²) in [4.78, 5) is 0. The molecule has 1 aliphatic heterocycles. The van der Waals surface area contributed by atoms with Crippen LogP contribution < -0.4 is 10.1 Å². The fraction of sp³-hybridized carbons (Fsp3) is 0.500. The number of halogens is 1. The van der Waals surface area contributed by atoms with E-state index in [1.807, 2.05) is 0 Å². The molecule has 0 spiro atoms. The molecule has 100 valence electrons. The zero-order chi connectivity index (χ0) is 13.2. The number of rotatable bonds is 3. The number of methoxy groups -OCH3 is 1. The van der Waals surface area contributed by atoms with Crippen molar-refractivity contribution in [1.29, 1.82) is 0 Å². The van der Waals surface area contributed by atoms with Gasteiger partial charge in [-0.3, -0.25) is 0 Å². The van der Waals surface area contributed by atoms with E-state index in [4.69, 9.17) is 4.74 Å². The van der Waals surface area contributed by atoms with Gasteiger partial charge in [0.2, 0.25) is 0 Å². The Morgan fingerprint density at radius 1 is 1.44 bits per heavy atom. The number of anilines is 1. The van der Waals surface area contributed by atoms with Gasteiger partial charge in [-0.15, -0.1) is 0 Å². The molecule has 1 aromatic rings. The summed E-state index contributed by atoms with van der Waals surface area (Å²) in [5.74, 6) is 0.0842. The van der Waals surface area contributed by atoms with Crippen LogP contribution in [0.5, 0.6) is 5.75 Å². The van der Waals surface area contributed by atoms with Crippen molar-refractivity contribution in [2.45, 2.75) is 18.9 Å². The summed E-state index contributed by atoms with van der Waals surface area (Å²) in [5, 5.41) is 3.05. The quantitative estimate of drug-likeness (QED) is 0.912. The molecule has 18 heavy (non-hydrogen) atoms. The first-order valence-corrected chi connectivity index (χ1v) is 7.63. The molecule has 4 nitrogen and oxygen atoms in total. The summed E-state index contributed by atoms with van der Waals surface area (Å²) in [6.07, 6.45) is 1.44. The van der Waals surface area contributed by atoms with Gasteiger partial charge in [0.05, 0.1) is 18.6 Å². The zero-order valence-corrected chi connectivity index (χ0v) is 11.0. The van der Waals surface area contributed by atoms with E-state index in [-0.39, 0.29) is 23.3 Å². The first-order valence-electron chi connectivity index (χ1n) is 5.81. The standard InChI is InChI=1S/C12H16FNO3S/c1-17-12-5-4-9(7-11(12)13)14-10-3-2-6-18(15,16)8-10/h4-5,7,10,14H,2-3,6,8H2,1H3. The van der Waals surface area contributed by atoms with Crippen molar-refractivity contribution in [2.75, 3.05) is 23.9 Å². The van der Waals surface area contributed by atoms with Crippen LogP contribution >= 0.6 is 0 Å². The molecule has 1 N–H and O–H groups in total. The van der Waals surface area contributed by atoms with Crippen LogP contribution in [0.2, 0.25) is 0 Å². The predicted molar refractivity (Wildman–Crippen MR) is 68.3 cm³/mol. The molecule has 1 aliphatic rings. The van der Waals surface area contributed by atoms with Crippen LogP contribution in [0.3, 0.4) is 0 Å². The Labute approximate surface area is 106 Å². The van der Waals surface area contributed by atoms with Gasteiger partial charge in [0, 0.05) is 17.8 Å². The summed E-state index contributed by atoms with van der Waals surface area (Å²) >= 11 is 0. The molecule has 1 fully saturated rings. The fourth-order valence-electron chi connectivity index (χ4n) is 2.13. The normalized spacial score (nSPS) is 22.4. The van der Waals surface area contributed by atoms with Crippen molar-refractivity contribution in [3.8, 4) is 5.75 Å². The van der Waals surface area contributed by atoms with Crippen LogP contribution in [-0.2, 0) is 9.84 Å². The van der Waals surface area contributed by atoms with Crippen LogP contribution in [-0.4, -0.2) is 33.1 Å². The molecular weight excluding hydrogens is 257 g/mol. The molecule has 0 bridgehead atoms. The summed E-state index contributed by atoms with van der Waals surface area (Å²) in [6.45, 7) is 0. The van der Waals surface area contributed by atoms with Crippen LogP contribution in [0.1, 0.15) is 12.8 Å². The van der Waals surface area contributed by atoms with Crippen LogP contribution in [0, 0.1) is 5.82 Å². The fourth-order valence-corrected chi connectivity index (χ4v) is 3.76. The number of hydrogen-bond acceptors (Lipinski definition) is 4. The second kappa shape index (κ2) is 5.14. The van der Waals surface area contributed by atoms with E-state index >= 15 is 0 Å². The number of ether oxygens (including phenoxy) is 1. The molecule has 6 heteroatoms. The van der Waals surface area contributed by atoms with Gasteiger partial charge in [-0.1, -0.05) is 0 Å². The first kappa shape index (κ1) is 13.1. The molecule has 1 saturated heterocycles. The minimum Gasteiger partial charge on any atom is -0.494 e. The third-order valence-corrected chi connectivity index (χ3v) is 4.81. The molecule has 1 atom stereocenters. The molecule has 0 radical (unpaired) electrons. The summed E-state index contributed by atoms with van der Waals surface area (Å²) in [6, 6.07) is 4.38. The molecule has 1 unspecified atom stereocenters. The largest absolute Gasteiger partial charge is 0.494 e. The minimum atomic E-state index is -2.96. The first-order chi connectivity index (χ1) is 8.50. The Morgan fingerprint density at radius 3 is 2.83 bits per heavy atom. The number of benzene rings is 1. The number of nitrogens with one attached hydrogen (secondary N) is 1. The lowest BCUT2D eigenvalue weighted by Gasteiger charge is -2.24. The lowest BCUT2D eigenvalue weighted by molar-refractivity contribution is 0.386. The van der Waals surface area contributed by atoms with Gasteiger partial charge >= 0.3 is 0 Å². The maximum atomic E-state index is 13.5. The number of hydrogen-bond donors (Lipinski definition) is 1. The predicted octanol–water partition coefficient (Wildman–Crippen LogP) is 1.82. The summed E-state index contributed by atoms with van der Waals surface area (Å²) in [5.41, 5.74) is 0.579. The highest BCUT2D eigenvalue weighted by Gasteiger charge is 2.24. The molecule has 2 rings (SSSR count). The molecule has 1 heterocycles. The Hall–Kier alpha value is -1.30. The van der Waals surface area contributed by atoms with Gasteiger partial charge in [-0.05, 0) is 25.0 Å². The van der Waals surface area contributed by atoms with E-state index in [1.165, 1.54) is 19.2 Å². The monoisotopic (exact) mass is 273 g/mol. The molecule has 0 saturated carbocycles. The average molecular weight is 273 g/mol. The Bertz CT molecular complexity index is 530.